The summed E-state index contributed by atoms with van der Waals surface area (Å²) in [5.74, 6) is -1.15. The van der Waals surface area contributed by atoms with Gasteiger partial charge in [-0.25, -0.2) is 9.59 Å². The summed E-state index contributed by atoms with van der Waals surface area (Å²) in [6, 6.07) is 5.06. The van der Waals surface area contributed by atoms with Crippen LogP contribution < -0.4 is 5.19 Å². The SMILES string of the molecule is C[Si](C)(Cl)c1ccc2c(c1)C(=O)OC2=O. The lowest BCUT2D eigenvalue weighted by Gasteiger charge is -2.13. The van der Waals surface area contributed by atoms with E-state index in [1.165, 1.54) is 0 Å². The lowest BCUT2D eigenvalue weighted by molar-refractivity contribution is 0.0444. The number of hydrogen-bond acceptors (Lipinski definition) is 3. The number of esters is 2. The lowest BCUT2D eigenvalue weighted by atomic mass is 10.1. The van der Waals surface area contributed by atoms with Crippen LogP contribution in [0, 0.1) is 0 Å². The van der Waals surface area contributed by atoms with E-state index in [9.17, 15) is 9.59 Å². The Bertz CT molecular complexity index is 462. The minimum atomic E-state index is -1.97. The van der Waals surface area contributed by atoms with Gasteiger partial charge in [0.2, 0.25) is 0 Å². The second-order valence-corrected chi connectivity index (χ2v) is 10.3. The molecule has 0 N–H and O–H groups in total. The van der Waals surface area contributed by atoms with Crippen molar-refractivity contribution < 1.29 is 14.3 Å². The van der Waals surface area contributed by atoms with Gasteiger partial charge in [-0.05, 0) is 17.3 Å². The summed E-state index contributed by atoms with van der Waals surface area (Å²) >= 11 is 6.25. The van der Waals surface area contributed by atoms with E-state index in [1.54, 1.807) is 18.2 Å². The molecule has 0 aliphatic carbocycles. The van der Waals surface area contributed by atoms with Crippen molar-refractivity contribution >= 4 is 35.6 Å². The molecule has 1 aromatic rings. The number of fused-ring (bicyclic) bond motifs is 1. The standard InChI is InChI=1S/C10H9ClO3Si/c1-15(2,11)6-3-4-7-8(5-6)10(13)14-9(7)12/h3-5H,1-2H3. The van der Waals surface area contributed by atoms with Crippen LogP contribution in [-0.4, -0.2) is 19.3 Å². The van der Waals surface area contributed by atoms with Crippen LogP contribution >= 0.6 is 11.1 Å². The maximum Gasteiger partial charge on any atom is 0.346 e. The van der Waals surface area contributed by atoms with Crippen LogP contribution in [0.25, 0.3) is 0 Å². The first-order valence-corrected chi connectivity index (χ1v) is 8.51. The summed E-state index contributed by atoms with van der Waals surface area (Å²) in [5, 5.41) is 0.926. The summed E-state index contributed by atoms with van der Waals surface area (Å²) in [5.41, 5.74) is 0.664. The molecule has 0 amide bonds. The van der Waals surface area contributed by atoms with Crippen LogP contribution in [0.2, 0.25) is 13.1 Å². The molecule has 2 rings (SSSR count). The van der Waals surface area contributed by atoms with E-state index in [2.05, 4.69) is 4.74 Å². The molecule has 3 nitrogen and oxygen atoms in total. The molecule has 0 spiro atoms. The van der Waals surface area contributed by atoms with Gasteiger partial charge in [-0.1, -0.05) is 19.2 Å². The Morgan fingerprint density at radius 2 is 1.73 bits per heavy atom. The highest BCUT2D eigenvalue weighted by molar-refractivity contribution is 7.26. The van der Waals surface area contributed by atoms with Gasteiger partial charge in [0.15, 0.2) is 7.38 Å². The van der Waals surface area contributed by atoms with E-state index in [0.717, 1.165) is 5.19 Å². The van der Waals surface area contributed by atoms with Crippen molar-refractivity contribution in [2.24, 2.45) is 0 Å². The second-order valence-electron chi connectivity index (χ2n) is 3.91. The maximum absolute atomic E-state index is 11.3. The fourth-order valence-electron chi connectivity index (χ4n) is 1.46. The van der Waals surface area contributed by atoms with Crippen molar-refractivity contribution in [3.8, 4) is 0 Å². The van der Waals surface area contributed by atoms with Crippen LogP contribution in [0.1, 0.15) is 20.7 Å². The van der Waals surface area contributed by atoms with E-state index in [-0.39, 0.29) is 0 Å². The average molecular weight is 241 g/mol. The van der Waals surface area contributed by atoms with Crippen LogP contribution in [-0.2, 0) is 4.74 Å². The molecule has 0 bridgehead atoms. The number of ether oxygens (including phenoxy) is 1. The zero-order valence-electron chi connectivity index (χ0n) is 8.33. The Hall–Kier alpha value is -1.13. The van der Waals surface area contributed by atoms with Crippen molar-refractivity contribution in [2.45, 2.75) is 13.1 Å². The Morgan fingerprint density at radius 3 is 2.33 bits per heavy atom. The molecule has 0 unspecified atom stereocenters. The van der Waals surface area contributed by atoms with Crippen molar-refractivity contribution in [1.82, 2.24) is 0 Å². The number of hydrogen-bond donors (Lipinski definition) is 0. The zero-order valence-corrected chi connectivity index (χ0v) is 10.1. The number of carbonyl (C=O) groups is 2. The highest BCUT2D eigenvalue weighted by Gasteiger charge is 2.31. The van der Waals surface area contributed by atoms with Gasteiger partial charge in [-0.15, -0.1) is 0 Å². The normalized spacial score (nSPS) is 15.1. The number of rotatable bonds is 1. The summed E-state index contributed by atoms with van der Waals surface area (Å²) in [7, 11) is -1.97. The lowest BCUT2D eigenvalue weighted by Crippen LogP contribution is -2.35. The molecule has 0 saturated heterocycles. The molecular formula is C10H9ClO3Si. The second kappa shape index (κ2) is 3.18. The Labute approximate surface area is 92.7 Å². The van der Waals surface area contributed by atoms with Crippen LogP contribution in [0.4, 0.5) is 0 Å². The molecule has 0 radical (unpaired) electrons. The van der Waals surface area contributed by atoms with Crippen molar-refractivity contribution in [3.05, 3.63) is 29.3 Å². The molecule has 15 heavy (non-hydrogen) atoms. The predicted octanol–water partition coefficient (Wildman–Crippen LogP) is 1.65. The minimum absolute atomic E-state index is 0.332. The Balaban J connectivity index is 2.57. The third-order valence-corrected chi connectivity index (χ3v) is 4.67. The summed E-state index contributed by atoms with van der Waals surface area (Å²) in [6.45, 7) is 3.91. The van der Waals surface area contributed by atoms with Crippen molar-refractivity contribution in [3.63, 3.8) is 0 Å². The van der Waals surface area contributed by atoms with Crippen LogP contribution in [0.15, 0.2) is 18.2 Å². The first kappa shape index (κ1) is 10.4. The largest absolute Gasteiger partial charge is 0.386 e. The third-order valence-electron chi connectivity index (χ3n) is 2.33. The van der Waals surface area contributed by atoms with Crippen LogP contribution in [0.5, 0.6) is 0 Å². The summed E-state index contributed by atoms with van der Waals surface area (Å²) in [4.78, 5) is 22.5. The van der Waals surface area contributed by atoms with Gasteiger partial charge >= 0.3 is 11.9 Å². The van der Waals surface area contributed by atoms with Crippen molar-refractivity contribution in [1.29, 1.82) is 0 Å². The van der Waals surface area contributed by atoms with Gasteiger partial charge in [-0.3, -0.25) is 0 Å². The highest BCUT2D eigenvalue weighted by atomic mass is 35.6. The molecule has 0 atom stereocenters. The van der Waals surface area contributed by atoms with E-state index in [1.807, 2.05) is 13.1 Å². The summed E-state index contributed by atoms with van der Waals surface area (Å²) < 4.78 is 4.49. The smallest absolute Gasteiger partial charge is 0.346 e. The van der Waals surface area contributed by atoms with E-state index in [4.69, 9.17) is 11.1 Å². The van der Waals surface area contributed by atoms with Gasteiger partial charge in [0.1, 0.15) is 0 Å². The molecule has 1 aromatic carbocycles. The molecular weight excluding hydrogens is 232 g/mol. The first-order chi connectivity index (χ1) is 6.89. The molecule has 0 aromatic heterocycles. The average Bonchev–Trinajstić information content (AvgIpc) is 2.41. The molecule has 5 heteroatoms. The highest BCUT2D eigenvalue weighted by Crippen LogP contribution is 2.20. The van der Waals surface area contributed by atoms with E-state index < -0.39 is 19.3 Å². The number of halogens is 1. The van der Waals surface area contributed by atoms with E-state index in [0.29, 0.717) is 11.1 Å². The first-order valence-electron chi connectivity index (χ1n) is 4.49. The Kier molecular flexibility index (Phi) is 2.20. The molecule has 1 heterocycles. The summed E-state index contributed by atoms with van der Waals surface area (Å²) in [6.07, 6.45) is 0. The van der Waals surface area contributed by atoms with Crippen LogP contribution in [0.3, 0.4) is 0 Å². The molecule has 0 fully saturated rings. The topological polar surface area (TPSA) is 43.4 Å². The number of cyclic esters (lactones) is 2. The molecule has 1 aliphatic rings. The van der Waals surface area contributed by atoms with Gasteiger partial charge in [0, 0.05) is 0 Å². The predicted molar refractivity (Wildman–Crippen MR) is 59.2 cm³/mol. The number of carbonyl (C=O) groups excluding carboxylic acids is 2. The fourth-order valence-corrected chi connectivity index (χ4v) is 2.77. The zero-order chi connectivity index (χ0) is 11.2. The van der Waals surface area contributed by atoms with Gasteiger partial charge in [0.05, 0.1) is 11.1 Å². The van der Waals surface area contributed by atoms with Gasteiger partial charge in [-0.2, -0.15) is 11.1 Å². The Morgan fingerprint density at radius 1 is 1.13 bits per heavy atom. The van der Waals surface area contributed by atoms with Gasteiger partial charge in [0.25, 0.3) is 0 Å². The molecule has 1 aliphatic heterocycles. The van der Waals surface area contributed by atoms with Crippen molar-refractivity contribution in [2.75, 3.05) is 0 Å². The fraction of sp³-hybridized carbons (Fsp3) is 0.200. The quantitative estimate of drug-likeness (QED) is 0.325. The third kappa shape index (κ3) is 1.70. The minimum Gasteiger partial charge on any atom is -0.386 e. The maximum atomic E-state index is 11.3. The number of benzene rings is 1. The molecule has 0 saturated carbocycles. The molecule has 78 valence electrons. The van der Waals surface area contributed by atoms with E-state index >= 15 is 0 Å². The van der Waals surface area contributed by atoms with Gasteiger partial charge < -0.3 is 4.74 Å². The monoisotopic (exact) mass is 240 g/mol.